The molecule has 0 spiro atoms. The van der Waals surface area contributed by atoms with Crippen LogP contribution in [0.15, 0.2) is 28.7 Å². The molecule has 1 aromatic carbocycles. The lowest BCUT2D eigenvalue weighted by atomic mass is 9.95. The van der Waals surface area contributed by atoms with Crippen LogP contribution in [0, 0.1) is 11.7 Å². The van der Waals surface area contributed by atoms with E-state index >= 15 is 0 Å². The molecule has 2 atom stereocenters. The Hall–Kier alpha value is -1.53. The number of carbonyl (C=O) groups excluding carboxylic acids is 1. The van der Waals surface area contributed by atoms with E-state index in [1.165, 1.54) is 0 Å². The Labute approximate surface area is 136 Å². The van der Waals surface area contributed by atoms with Gasteiger partial charge in [-0.1, -0.05) is 19.1 Å². The number of amides is 1. The zero-order valence-corrected chi connectivity index (χ0v) is 13.8. The molecule has 1 aromatic heterocycles. The van der Waals surface area contributed by atoms with Crippen molar-refractivity contribution in [2.45, 2.75) is 19.4 Å². The second-order valence-electron chi connectivity index (χ2n) is 5.68. The maximum atomic E-state index is 14.1. The molecule has 1 amide bonds. The summed E-state index contributed by atoms with van der Waals surface area (Å²) >= 11 is 3.14. The lowest BCUT2D eigenvalue weighted by Gasteiger charge is -2.30. The van der Waals surface area contributed by atoms with Crippen molar-refractivity contribution in [3.8, 4) is 0 Å². The van der Waals surface area contributed by atoms with Crippen LogP contribution in [0.3, 0.4) is 0 Å². The van der Waals surface area contributed by atoms with Crippen molar-refractivity contribution in [3.63, 3.8) is 0 Å². The lowest BCUT2D eigenvalue weighted by Crippen LogP contribution is -2.50. The van der Waals surface area contributed by atoms with Gasteiger partial charge in [0.1, 0.15) is 11.2 Å². The molecule has 1 fully saturated rings. The molecule has 0 bridgehead atoms. The summed E-state index contributed by atoms with van der Waals surface area (Å²) in [7, 11) is 0. The van der Waals surface area contributed by atoms with Crippen molar-refractivity contribution < 1.29 is 9.18 Å². The van der Waals surface area contributed by atoms with Crippen LogP contribution in [0.25, 0.3) is 10.9 Å². The first kappa shape index (κ1) is 15.4. The van der Waals surface area contributed by atoms with E-state index in [9.17, 15) is 9.18 Å². The number of nitrogens with zero attached hydrogens (tertiary/aromatic N) is 1. The van der Waals surface area contributed by atoms with Crippen molar-refractivity contribution in [3.05, 3.63) is 40.2 Å². The predicted octanol–water partition coefficient (Wildman–Crippen LogP) is 2.86. The number of pyridine rings is 1. The van der Waals surface area contributed by atoms with E-state index in [-0.39, 0.29) is 23.2 Å². The van der Waals surface area contributed by atoms with Crippen molar-refractivity contribution in [2.24, 2.45) is 5.92 Å². The smallest absolute Gasteiger partial charge is 0.270 e. The Morgan fingerprint density at radius 2 is 2.18 bits per heavy atom. The van der Waals surface area contributed by atoms with Gasteiger partial charge in [0, 0.05) is 18.0 Å². The van der Waals surface area contributed by atoms with Crippen LogP contribution in [0.2, 0.25) is 0 Å². The molecule has 116 valence electrons. The Morgan fingerprint density at radius 3 is 2.95 bits per heavy atom. The molecule has 2 heterocycles. The highest BCUT2D eigenvalue weighted by molar-refractivity contribution is 9.10. The van der Waals surface area contributed by atoms with E-state index in [1.54, 1.807) is 24.3 Å². The molecule has 22 heavy (non-hydrogen) atoms. The predicted molar refractivity (Wildman–Crippen MR) is 87.3 cm³/mol. The third kappa shape index (κ3) is 2.98. The Bertz CT molecular complexity index is 722. The normalized spacial score (nSPS) is 21.8. The van der Waals surface area contributed by atoms with Gasteiger partial charge < -0.3 is 10.6 Å². The van der Waals surface area contributed by atoms with E-state index in [0.717, 1.165) is 19.5 Å². The maximum Gasteiger partial charge on any atom is 0.270 e. The van der Waals surface area contributed by atoms with Crippen molar-refractivity contribution >= 4 is 32.7 Å². The number of hydrogen-bond acceptors (Lipinski definition) is 3. The molecule has 1 aliphatic rings. The quantitative estimate of drug-likeness (QED) is 0.860. The number of benzene rings is 1. The number of fused-ring (bicyclic) bond motifs is 1. The minimum Gasteiger partial charge on any atom is -0.346 e. The van der Waals surface area contributed by atoms with Gasteiger partial charge in [-0.05, 0) is 46.9 Å². The largest absolute Gasteiger partial charge is 0.346 e. The lowest BCUT2D eigenvalue weighted by molar-refractivity contribution is 0.0910. The third-order valence-corrected chi connectivity index (χ3v) is 4.74. The van der Waals surface area contributed by atoms with Crippen LogP contribution < -0.4 is 10.6 Å². The van der Waals surface area contributed by atoms with Gasteiger partial charge in [-0.2, -0.15) is 0 Å². The minimum absolute atomic E-state index is 0.0751. The number of piperidine rings is 1. The van der Waals surface area contributed by atoms with Crippen LogP contribution in [0.1, 0.15) is 23.8 Å². The molecule has 0 saturated carbocycles. The molecule has 4 nitrogen and oxygen atoms in total. The third-order valence-electron chi connectivity index (χ3n) is 4.13. The summed E-state index contributed by atoms with van der Waals surface area (Å²) in [5.74, 6) is -0.293. The summed E-state index contributed by atoms with van der Waals surface area (Å²) in [4.78, 5) is 16.6. The highest BCUT2D eigenvalue weighted by atomic mass is 79.9. The zero-order valence-electron chi connectivity index (χ0n) is 12.2. The number of aromatic nitrogens is 1. The van der Waals surface area contributed by atoms with Gasteiger partial charge in [0.05, 0.1) is 4.47 Å². The second-order valence-corrected chi connectivity index (χ2v) is 6.53. The van der Waals surface area contributed by atoms with Crippen LogP contribution >= 0.6 is 15.9 Å². The standard InChI is InChI=1S/C16H17BrFN3O/c1-9-6-7-19-8-13(9)21-16(22)12-5-3-10-2-4-11(17)14(18)15(10)20-12/h2-5,9,13,19H,6-8H2,1H3,(H,21,22). The first-order valence-corrected chi connectivity index (χ1v) is 8.12. The molecule has 6 heteroatoms. The summed E-state index contributed by atoms with van der Waals surface area (Å²) in [5, 5.41) is 6.92. The molecule has 0 aliphatic carbocycles. The highest BCUT2D eigenvalue weighted by Crippen LogP contribution is 2.23. The number of nitrogens with one attached hydrogen (secondary N) is 2. The Kier molecular flexibility index (Phi) is 4.40. The molecule has 0 radical (unpaired) electrons. The van der Waals surface area contributed by atoms with Gasteiger partial charge in [0.2, 0.25) is 0 Å². The van der Waals surface area contributed by atoms with Gasteiger partial charge in [-0.15, -0.1) is 0 Å². The fraction of sp³-hybridized carbons (Fsp3) is 0.375. The van der Waals surface area contributed by atoms with Crippen LogP contribution in [-0.4, -0.2) is 30.0 Å². The summed E-state index contributed by atoms with van der Waals surface area (Å²) in [6.07, 6.45) is 1.03. The Morgan fingerprint density at radius 1 is 1.41 bits per heavy atom. The fourth-order valence-corrected chi connectivity index (χ4v) is 3.00. The van der Waals surface area contributed by atoms with Gasteiger partial charge >= 0.3 is 0 Å². The average Bonchev–Trinajstić information content (AvgIpc) is 2.53. The van der Waals surface area contributed by atoms with Crippen LogP contribution in [0.5, 0.6) is 0 Å². The number of carbonyl (C=O) groups is 1. The molecule has 2 aromatic rings. The average molecular weight is 366 g/mol. The Balaban J connectivity index is 1.86. The molecule has 1 saturated heterocycles. The topological polar surface area (TPSA) is 54.0 Å². The SMILES string of the molecule is CC1CCNCC1NC(=O)c1ccc2ccc(Br)c(F)c2n1. The van der Waals surface area contributed by atoms with E-state index in [0.29, 0.717) is 15.8 Å². The molecule has 2 N–H and O–H groups in total. The number of rotatable bonds is 2. The first-order chi connectivity index (χ1) is 10.6. The fourth-order valence-electron chi connectivity index (χ4n) is 2.68. The van der Waals surface area contributed by atoms with Gasteiger partial charge in [0.25, 0.3) is 5.91 Å². The molecule has 2 unspecified atom stereocenters. The summed E-state index contributed by atoms with van der Waals surface area (Å²) in [5.41, 5.74) is 0.444. The van der Waals surface area contributed by atoms with Crippen molar-refractivity contribution in [2.75, 3.05) is 13.1 Å². The van der Waals surface area contributed by atoms with E-state index in [2.05, 4.69) is 38.5 Å². The van der Waals surface area contributed by atoms with Gasteiger partial charge in [-0.3, -0.25) is 4.79 Å². The van der Waals surface area contributed by atoms with E-state index < -0.39 is 5.82 Å². The maximum absolute atomic E-state index is 14.1. The number of hydrogen-bond donors (Lipinski definition) is 2. The zero-order chi connectivity index (χ0) is 15.7. The van der Waals surface area contributed by atoms with Crippen LogP contribution in [0.4, 0.5) is 4.39 Å². The number of halogens is 2. The van der Waals surface area contributed by atoms with Gasteiger partial charge in [-0.25, -0.2) is 9.37 Å². The first-order valence-electron chi connectivity index (χ1n) is 7.32. The molecule has 1 aliphatic heterocycles. The van der Waals surface area contributed by atoms with Crippen molar-refractivity contribution in [1.29, 1.82) is 0 Å². The molecule has 3 rings (SSSR count). The van der Waals surface area contributed by atoms with E-state index in [1.807, 2.05) is 0 Å². The highest BCUT2D eigenvalue weighted by Gasteiger charge is 2.23. The second kappa shape index (κ2) is 6.30. The molecular formula is C16H17BrFN3O. The van der Waals surface area contributed by atoms with E-state index in [4.69, 9.17) is 0 Å². The van der Waals surface area contributed by atoms with Gasteiger partial charge in [0.15, 0.2) is 5.82 Å². The summed E-state index contributed by atoms with van der Waals surface area (Å²) < 4.78 is 14.5. The summed E-state index contributed by atoms with van der Waals surface area (Å²) in [6.45, 7) is 3.85. The molecular weight excluding hydrogens is 349 g/mol. The minimum atomic E-state index is -0.445. The monoisotopic (exact) mass is 365 g/mol. The van der Waals surface area contributed by atoms with Crippen molar-refractivity contribution in [1.82, 2.24) is 15.6 Å². The van der Waals surface area contributed by atoms with Crippen LogP contribution in [-0.2, 0) is 0 Å². The summed E-state index contributed by atoms with van der Waals surface area (Å²) in [6, 6.07) is 6.83.